The van der Waals surface area contributed by atoms with Crippen LogP contribution in [0, 0.1) is 0 Å². The van der Waals surface area contributed by atoms with Crippen LogP contribution in [-0.4, -0.2) is 59.1 Å². The number of amides is 2. The number of nitrogens with zero attached hydrogens (tertiary/aromatic N) is 2. The van der Waals surface area contributed by atoms with Gasteiger partial charge in [-0.25, -0.2) is 4.98 Å². The summed E-state index contributed by atoms with van der Waals surface area (Å²) in [5, 5.41) is 2.96. The van der Waals surface area contributed by atoms with E-state index in [9.17, 15) is 9.59 Å². The number of imidazole rings is 1. The summed E-state index contributed by atoms with van der Waals surface area (Å²) in [5.41, 5.74) is 0.876. The summed E-state index contributed by atoms with van der Waals surface area (Å²) in [6.45, 7) is 0.458. The number of methoxy groups -OCH3 is 1. The van der Waals surface area contributed by atoms with E-state index in [1.54, 1.807) is 19.5 Å². The fraction of sp³-hybridized carbons (Fsp3) is 0.476. The predicted octanol–water partition coefficient (Wildman–Crippen LogP) is 1.60. The molecule has 2 heterocycles. The molecule has 1 saturated heterocycles. The number of morpholine rings is 1. The second kappa shape index (κ2) is 8.65. The summed E-state index contributed by atoms with van der Waals surface area (Å²) in [6.07, 6.45) is 6.23. The van der Waals surface area contributed by atoms with Crippen molar-refractivity contribution in [3.63, 3.8) is 0 Å². The largest absolute Gasteiger partial charge is 0.497 e. The Morgan fingerprint density at radius 2 is 2.14 bits per heavy atom. The number of nitrogens with one attached hydrogen (secondary N) is 2. The second-order valence-corrected chi connectivity index (χ2v) is 7.41. The first-order chi connectivity index (χ1) is 14.2. The van der Waals surface area contributed by atoms with E-state index >= 15 is 0 Å². The molecule has 0 bridgehead atoms. The highest BCUT2D eigenvalue weighted by molar-refractivity contribution is 5.86. The lowest BCUT2D eigenvalue weighted by Crippen LogP contribution is -2.55. The van der Waals surface area contributed by atoms with Crippen molar-refractivity contribution in [2.45, 2.75) is 43.9 Å². The van der Waals surface area contributed by atoms with Gasteiger partial charge in [-0.2, -0.15) is 0 Å². The monoisotopic (exact) mass is 398 g/mol. The quantitative estimate of drug-likeness (QED) is 0.659. The van der Waals surface area contributed by atoms with E-state index in [-0.39, 0.29) is 24.5 Å². The molecule has 29 heavy (non-hydrogen) atoms. The summed E-state index contributed by atoms with van der Waals surface area (Å²) < 4.78 is 11.0. The summed E-state index contributed by atoms with van der Waals surface area (Å²) >= 11 is 0. The Kier molecular flexibility index (Phi) is 5.80. The van der Waals surface area contributed by atoms with Crippen LogP contribution in [0.25, 0.3) is 0 Å². The molecule has 0 unspecified atom stereocenters. The van der Waals surface area contributed by atoms with E-state index in [1.165, 1.54) is 0 Å². The molecule has 4 rings (SSSR count). The number of aromatic nitrogens is 2. The Morgan fingerprint density at radius 3 is 2.79 bits per heavy atom. The van der Waals surface area contributed by atoms with Crippen molar-refractivity contribution in [3.05, 3.63) is 48.0 Å². The molecule has 2 aliphatic rings. The van der Waals surface area contributed by atoms with Crippen LogP contribution in [0.4, 0.5) is 0 Å². The third kappa shape index (κ3) is 4.42. The number of H-pyrrole nitrogens is 1. The highest BCUT2D eigenvalue weighted by Crippen LogP contribution is 2.39. The van der Waals surface area contributed by atoms with E-state index in [4.69, 9.17) is 9.47 Å². The average molecular weight is 398 g/mol. The molecule has 1 aromatic heterocycles. The highest BCUT2D eigenvalue weighted by Gasteiger charge is 2.47. The van der Waals surface area contributed by atoms with Crippen molar-refractivity contribution in [2.75, 3.05) is 20.3 Å². The average Bonchev–Trinajstić information content (AvgIpc) is 3.45. The van der Waals surface area contributed by atoms with Gasteiger partial charge in [0.05, 0.1) is 13.2 Å². The van der Waals surface area contributed by atoms with Crippen molar-refractivity contribution in [2.24, 2.45) is 0 Å². The molecule has 2 fully saturated rings. The van der Waals surface area contributed by atoms with Crippen LogP contribution in [0.1, 0.15) is 36.7 Å². The number of rotatable bonds is 8. The van der Waals surface area contributed by atoms with Gasteiger partial charge in [-0.1, -0.05) is 12.1 Å². The second-order valence-electron chi connectivity index (χ2n) is 7.41. The zero-order valence-corrected chi connectivity index (χ0v) is 16.5. The molecule has 2 aromatic rings. The lowest BCUT2D eigenvalue weighted by atomic mass is 9.96. The number of aryl methyl sites for hydroxylation is 1. The topological polar surface area (TPSA) is 96.5 Å². The van der Waals surface area contributed by atoms with Crippen LogP contribution in [0.15, 0.2) is 36.7 Å². The van der Waals surface area contributed by atoms with E-state index in [0.29, 0.717) is 6.54 Å². The van der Waals surface area contributed by atoms with Crippen LogP contribution in [0.2, 0.25) is 0 Å². The molecule has 8 heteroatoms. The first-order valence-corrected chi connectivity index (χ1v) is 10.00. The Labute approximate surface area is 169 Å². The Balaban J connectivity index is 1.46. The summed E-state index contributed by atoms with van der Waals surface area (Å²) in [4.78, 5) is 34.6. The number of hydrogen-bond acceptors (Lipinski definition) is 5. The van der Waals surface area contributed by atoms with Crippen molar-refractivity contribution in [1.82, 2.24) is 20.2 Å². The van der Waals surface area contributed by atoms with E-state index in [0.717, 1.165) is 42.8 Å². The number of ether oxygens (including phenoxy) is 2. The van der Waals surface area contributed by atoms with Gasteiger partial charge >= 0.3 is 0 Å². The smallest absolute Gasteiger partial charge is 0.251 e. The zero-order chi connectivity index (χ0) is 20.2. The van der Waals surface area contributed by atoms with E-state index in [1.807, 2.05) is 29.2 Å². The molecular weight excluding hydrogens is 372 g/mol. The molecule has 2 amide bonds. The van der Waals surface area contributed by atoms with E-state index in [2.05, 4.69) is 15.3 Å². The van der Waals surface area contributed by atoms with Gasteiger partial charge in [0.25, 0.3) is 5.91 Å². The van der Waals surface area contributed by atoms with Crippen molar-refractivity contribution < 1.29 is 19.1 Å². The van der Waals surface area contributed by atoms with Gasteiger partial charge in [0.15, 0.2) is 6.10 Å². The Morgan fingerprint density at radius 1 is 1.34 bits per heavy atom. The van der Waals surface area contributed by atoms with Gasteiger partial charge in [-0.15, -0.1) is 0 Å². The van der Waals surface area contributed by atoms with Crippen molar-refractivity contribution >= 4 is 11.8 Å². The fourth-order valence-electron chi connectivity index (χ4n) is 3.77. The van der Waals surface area contributed by atoms with Crippen LogP contribution in [-0.2, 0) is 20.7 Å². The third-order valence-corrected chi connectivity index (χ3v) is 5.36. The first kappa shape index (κ1) is 19.4. The van der Waals surface area contributed by atoms with Crippen molar-refractivity contribution in [1.29, 1.82) is 0 Å². The van der Waals surface area contributed by atoms with Gasteiger partial charge in [0.2, 0.25) is 5.91 Å². The molecule has 1 aliphatic heterocycles. The van der Waals surface area contributed by atoms with Crippen LogP contribution in [0.3, 0.4) is 0 Å². The lowest BCUT2D eigenvalue weighted by molar-refractivity contribution is -0.165. The minimum atomic E-state index is -0.731. The van der Waals surface area contributed by atoms with Crippen LogP contribution in [0.5, 0.6) is 5.75 Å². The molecule has 2 N–H and O–H groups in total. The molecule has 1 aromatic carbocycles. The van der Waals surface area contributed by atoms with E-state index < -0.39 is 12.1 Å². The molecule has 8 nitrogen and oxygen atoms in total. The number of carbonyl (C=O) groups is 2. The van der Waals surface area contributed by atoms with Gasteiger partial charge in [-0.05, 0) is 37.0 Å². The van der Waals surface area contributed by atoms with Gasteiger partial charge in [0, 0.05) is 31.4 Å². The molecule has 1 aliphatic carbocycles. The maximum absolute atomic E-state index is 12.9. The lowest BCUT2D eigenvalue weighted by Gasteiger charge is -2.40. The molecule has 154 valence electrons. The standard InChI is InChI=1S/C21H26N4O4/c1-28-16-8-4-14(5-9-16)19-20(29-13-18(26)25(19)15-6-7-15)21(27)24-10-2-3-17-22-11-12-23-17/h4-5,8-9,11-12,15,19-20H,2-3,6-7,10,13H2,1H3,(H,22,23)(H,24,27)/t19-,20+/m1/s1. The molecule has 0 radical (unpaired) electrons. The number of carbonyl (C=O) groups excluding carboxylic acids is 2. The SMILES string of the molecule is COc1ccc([C@@H]2[C@@H](C(=O)NCCCc3ncc[nH]3)OCC(=O)N2C2CC2)cc1. The Bertz CT molecular complexity index is 833. The van der Waals surface area contributed by atoms with Crippen LogP contribution < -0.4 is 10.1 Å². The summed E-state index contributed by atoms with van der Waals surface area (Å²) in [7, 11) is 1.61. The number of hydrogen-bond donors (Lipinski definition) is 2. The van der Waals surface area contributed by atoms with Gasteiger partial charge in [0.1, 0.15) is 18.2 Å². The zero-order valence-electron chi connectivity index (χ0n) is 16.5. The van der Waals surface area contributed by atoms with Gasteiger partial charge in [-0.3, -0.25) is 9.59 Å². The molecule has 2 atom stereocenters. The van der Waals surface area contributed by atoms with Crippen molar-refractivity contribution in [3.8, 4) is 5.75 Å². The number of aromatic amines is 1. The first-order valence-electron chi connectivity index (χ1n) is 10.00. The summed E-state index contributed by atoms with van der Waals surface area (Å²) in [6, 6.07) is 7.25. The highest BCUT2D eigenvalue weighted by atomic mass is 16.5. The third-order valence-electron chi connectivity index (χ3n) is 5.36. The maximum atomic E-state index is 12.9. The molecular formula is C21H26N4O4. The fourth-order valence-corrected chi connectivity index (χ4v) is 3.77. The van der Waals surface area contributed by atoms with Crippen LogP contribution >= 0.6 is 0 Å². The maximum Gasteiger partial charge on any atom is 0.251 e. The summed E-state index contributed by atoms with van der Waals surface area (Å²) in [5.74, 6) is 1.38. The Hall–Kier alpha value is -2.87. The molecule has 1 saturated carbocycles. The predicted molar refractivity (Wildman–Crippen MR) is 105 cm³/mol. The minimum absolute atomic E-state index is 0.0600. The van der Waals surface area contributed by atoms with Gasteiger partial charge < -0.3 is 24.7 Å². The number of benzene rings is 1. The minimum Gasteiger partial charge on any atom is -0.497 e. The normalized spacial score (nSPS) is 21.8. The molecule has 0 spiro atoms.